The Kier molecular flexibility index (Phi) is 4.75. The third-order valence-corrected chi connectivity index (χ3v) is 2.81. The van der Waals surface area contributed by atoms with E-state index in [1.54, 1.807) is 12.1 Å². The topological polar surface area (TPSA) is 18.5 Å². The van der Waals surface area contributed by atoms with Crippen LogP contribution in [0.4, 0.5) is 4.39 Å². The van der Waals surface area contributed by atoms with Crippen molar-refractivity contribution in [3.05, 3.63) is 42.4 Å². The maximum Gasteiger partial charge on any atom is 0.241 e. The van der Waals surface area contributed by atoms with Crippen molar-refractivity contribution in [3.63, 3.8) is 0 Å². The van der Waals surface area contributed by atoms with Crippen LogP contribution < -0.4 is 4.74 Å². The van der Waals surface area contributed by atoms with E-state index in [2.05, 4.69) is 26.2 Å². The van der Waals surface area contributed by atoms with Crippen LogP contribution in [0.15, 0.2) is 36.6 Å². The molecule has 0 aliphatic carbocycles. The summed E-state index contributed by atoms with van der Waals surface area (Å²) in [5.41, 5.74) is 0. The predicted molar refractivity (Wildman–Crippen MR) is 70.1 cm³/mol. The highest BCUT2D eigenvalue weighted by Crippen LogP contribution is 2.14. The van der Waals surface area contributed by atoms with E-state index in [9.17, 15) is 4.39 Å². The van der Waals surface area contributed by atoms with Crippen molar-refractivity contribution < 1.29 is 13.6 Å². The van der Waals surface area contributed by atoms with Crippen molar-refractivity contribution in [1.29, 1.82) is 0 Å². The summed E-state index contributed by atoms with van der Waals surface area (Å²) < 4.78 is 23.8. The highest BCUT2D eigenvalue weighted by atomic mass is 28.4. The van der Waals surface area contributed by atoms with Crippen molar-refractivity contribution in [2.45, 2.75) is 26.1 Å². The first-order valence-electron chi connectivity index (χ1n) is 5.62. The van der Waals surface area contributed by atoms with Gasteiger partial charge in [-0.15, -0.1) is 0 Å². The van der Waals surface area contributed by atoms with E-state index in [1.807, 2.05) is 0 Å². The average Bonchev–Trinajstić information content (AvgIpc) is 2.18. The fourth-order valence-corrected chi connectivity index (χ4v) is 2.27. The Morgan fingerprint density at radius 1 is 1.24 bits per heavy atom. The van der Waals surface area contributed by atoms with E-state index >= 15 is 0 Å². The second-order valence-electron chi connectivity index (χ2n) is 4.81. The lowest BCUT2D eigenvalue weighted by Crippen LogP contribution is -2.25. The van der Waals surface area contributed by atoms with Gasteiger partial charge in [0.1, 0.15) is 11.6 Å². The van der Waals surface area contributed by atoms with Gasteiger partial charge >= 0.3 is 0 Å². The van der Waals surface area contributed by atoms with E-state index in [0.29, 0.717) is 18.8 Å². The van der Waals surface area contributed by atoms with Crippen LogP contribution in [0, 0.1) is 5.82 Å². The Balaban J connectivity index is 2.28. The molecule has 0 fully saturated rings. The van der Waals surface area contributed by atoms with Crippen LogP contribution in [-0.4, -0.2) is 14.9 Å². The molecule has 1 aromatic rings. The Labute approximate surface area is 103 Å². The second kappa shape index (κ2) is 5.86. The normalized spacial score (nSPS) is 11.1. The molecule has 0 aliphatic rings. The lowest BCUT2D eigenvalue weighted by molar-refractivity contribution is 0.291. The molecule has 94 valence electrons. The van der Waals surface area contributed by atoms with E-state index in [4.69, 9.17) is 9.16 Å². The van der Waals surface area contributed by atoms with Crippen LogP contribution in [0.2, 0.25) is 19.6 Å². The first kappa shape index (κ1) is 13.8. The summed E-state index contributed by atoms with van der Waals surface area (Å²) in [4.78, 5) is 0. The van der Waals surface area contributed by atoms with Crippen LogP contribution in [0.1, 0.15) is 6.42 Å². The van der Waals surface area contributed by atoms with E-state index in [-0.39, 0.29) is 5.82 Å². The molecule has 0 amide bonds. The van der Waals surface area contributed by atoms with Crippen molar-refractivity contribution in [1.82, 2.24) is 0 Å². The van der Waals surface area contributed by atoms with Gasteiger partial charge in [-0.05, 0) is 43.9 Å². The number of halogens is 1. The highest BCUT2D eigenvalue weighted by molar-refractivity contribution is 6.70. The molecule has 17 heavy (non-hydrogen) atoms. The Hall–Kier alpha value is -1.29. The van der Waals surface area contributed by atoms with Gasteiger partial charge in [0.05, 0.1) is 12.4 Å². The molecule has 0 radical (unpaired) electrons. The summed E-state index contributed by atoms with van der Waals surface area (Å²) >= 11 is 0. The lowest BCUT2D eigenvalue weighted by Gasteiger charge is -2.21. The minimum atomic E-state index is -1.56. The molecule has 1 aromatic carbocycles. The summed E-state index contributed by atoms with van der Waals surface area (Å²) in [6, 6.07) is 5.97. The molecule has 0 bridgehead atoms. The van der Waals surface area contributed by atoms with Gasteiger partial charge in [0.25, 0.3) is 0 Å². The minimum absolute atomic E-state index is 0.260. The Bertz CT molecular complexity index is 368. The molecule has 4 heteroatoms. The third kappa shape index (κ3) is 6.11. The Morgan fingerprint density at radius 3 is 2.35 bits per heavy atom. The smallest absolute Gasteiger partial charge is 0.241 e. The summed E-state index contributed by atoms with van der Waals surface area (Å²) in [5, 5.41) is 0. The molecule has 0 saturated carbocycles. The molecule has 0 unspecified atom stereocenters. The van der Waals surface area contributed by atoms with Crippen LogP contribution >= 0.6 is 0 Å². The van der Waals surface area contributed by atoms with Crippen LogP contribution in [0.5, 0.6) is 5.75 Å². The van der Waals surface area contributed by atoms with Crippen LogP contribution in [0.25, 0.3) is 0 Å². The van der Waals surface area contributed by atoms with Crippen molar-refractivity contribution >= 4 is 8.32 Å². The Morgan fingerprint density at radius 2 is 1.82 bits per heavy atom. The van der Waals surface area contributed by atoms with Gasteiger partial charge in [-0.3, -0.25) is 0 Å². The maximum atomic E-state index is 12.6. The first-order valence-corrected chi connectivity index (χ1v) is 9.03. The van der Waals surface area contributed by atoms with Crippen molar-refractivity contribution in [2.24, 2.45) is 0 Å². The third-order valence-electron chi connectivity index (χ3n) is 1.91. The molecular weight excluding hydrogens is 235 g/mol. The molecule has 0 saturated heterocycles. The SMILES string of the molecule is C=C(CCOc1ccc(F)cc1)O[Si](C)(C)C. The summed E-state index contributed by atoms with van der Waals surface area (Å²) in [6.45, 7) is 10.7. The molecule has 0 N–H and O–H groups in total. The van der Waals surface area contributed by atoms with Gasteiger partial charge in [0, 0.05) is 6.42 Å². The maximum absolute atomic E-state index is 12.6. The van der Waals surface area contributed by atoms with Gasteiger partial charge in [0.15, 0.2) is 0 Å². The molecule has 0 aromatic heterocycles. The largest absolute Gasteiger partial charge is 0.548 e. The lowest BCUT2D eigenvalue weighted by atomic mass is 10.3. The number of hydrogen-bond acceptors (Lipinski definition) is 2. The fourth-order valence-electron chi connectivity index (χ4n) is 1.30. The number of hydrogen-bond donors (Lipinski definition) is 0. The summed E-state index contributed by atoms with van der Waals surface area (Å²) in [6.07, 6.45) is 0.654. The van der Waals surface area contributed by atoms with Gasteiger partial charge in [0.2, 0.25) is 8.32 Å². The van der Waals surface area contributed by atoms with E-state index in [1.165, 1.54) is 12.1 Å². The average molecular weight is 254 g/mol. The monoisotopic (exact) mass is 254 g/mol. The van der Waals surface area contributed by atoms with Crippen LogP contribution in [-0.2, 0) is 4.43 Å². The fraction of sp³-hybridized carbons (Fsp3) is 0.385. The van der Waals surface area contributed by atoms with E-state index in [0.717, 1.165) is 5.76 Å². The zero-order valence-corrected chi connectivity index (χ0v) is 11.6. The summed E-state index contributed by atoms with van der Waals surface area (Å²) in [5.74, 6) is 1.15. The number of benzene rings is 1. The zero-order valence-electron chi connectivity index (χ0n) is 10.6. The molecule has 1 rings (SSSR count). The summed E-state index contributed by atoms with van der Waals surface area (Å²) in [7, 11) is -1.56. The molecule has 0 spiro atoms. The van der Waals surface area contributed by atoms with Gasteiger partial charge in [-0.1, -0.05) is 6.58 Å². The zero-order chi connectivity index (χ0) is 12.9. The van der Waals surface area contributed by atoms with Crippen molar-refractivity contribution in [3.8, 4) is 5.75 Å². The van der Waals surface area contributed by atoms with Gasteiger partial charge < -0.3 is 9.16 Å². The molecule has 0 heterocycles. The number of rotatable bonds is 6. The van der Waals surface area contributed by atoms with Gasteiger partial charge in [-0.25, -0.2) is 4.39 Å². The van der Waals surface area contributed by atoms with E-state index < -0.39 is 8.32 Å². The van der Waals surface area contributed by atoms with Gasteiger partial charge in [-0.2, -0.15) is 0 Å². The molecular formula is C13H19FO2Si. The van der Waals surface area contributed by atoms with Crippen LogP contribution in [0.3, 0.4) is 0 Å². The predicted octanol–water partition coefficient (Wildman–Crippen LogP) is 3.96. The molecule has 0 aliphatic heterocycles. The first-order chi connectivity index (χ1) is 7.87. The molecule has 2 nitrogen and oxygen atoms in total. The standard InChI is InChI=1S/C13H19FO2Si/c1-11(16-17(2,3)4)9-10-15-13-7-5-12(14)6-8-13/h5-8H,1,9-10H2,2-4H3. The van der Waals surface area contributed by atoms with Crippen molar-refractivity contribution in [2.75, 3.05) is 6.61 Å². The highest BCUT2D eigenvalue weighted by Gasteiger charge is 2.16. The second-order valence-corrected chi connectivity index (χ2v) is 9.23. The minimum Gasteiger partial charge on any atom is -0.548 e. The quantitative estimate of drug-likeness (QED) is 0.565. The number of ether oxygens (including phenoxy) is 1. The molecule has 0 atom stereocenters.